The van der Waals surface area contributed by atoms with Crippen LogP contribution in [0.15, 0.2) is 23.8 Å². The second-order valence-electron chi connectivity index (χ2n) is 10.6. The summed E-state index contributed by atoms with van der Waals surface area (Å²) in [6.45, 7) is 3.46. The number of rotatable bonds is 4. The lowest BCUT2D eigenvalue weighted by Gasteiger charge is -2.60. The van der Waals surface area contributed by atoms with Crippen LogP contribution in [0.3, 0.4) is 0 Å². The molecule has 0 radical (unpaired) electrons. The van der Waals surface area contributed by atoms with Crippen LogP contribution >= 0.6 is 0 Å². The second kappa shape index (κ2) is 9.36. The minimum absolute atomic E-state index is 0.0697. The lowest BCUT2D eigenvalue weighted by Crippen LogP contribution is -2.62. The zero-order valence-electron chi connectivity index (χ0n) is 19.6. The molecule has 0 aromatic rings. The largest absolute Gasteiger partial charge is 0.478 e. The number of allylic oxidation sites excluding steroid dienone is 1. The normalized spacial score (nSPS) is 40.9. The molecule has 7 atom stereocenters. The Bertz CT molecular complexity index is 921. The first-order chi connectivity index (χ1) is 15.8. The van der Waals surface area contributed by atoms with Crippen molar-refractivity contribution in [1.29, 1.82) is 0 Å². The molecule has 0 amide bonds. The van der Waals surface area contributed by atoms with E-state index in [1.807, 2.05) is 6.92 Å². The fourth-order valence-corrected chi connectivity index (χ4v) is 7.42. The van der Waals surface area contributed by atoms with Crippen molar-refractivity contribution in [2.24, 2.45) is 28.6 Å². The van der Waals surface area contributed by atoms with Crippen molar-refractivity contribution < 1.29 is 44.7 Å². The maximum absolute atomic E-state index is 12.4. The number of aliphatic hydroxyl groups is 3. The molecule has 0 aromatic carbocycles. The Labute approximate surface area is 198 Å². The van der Waals surface area contributed by atoms with E-state index >= 15 is 0 Å². The van der Waals surface area contributed by atoms with E-state index in [4.69, 9.17) is 10.2 Å². The van der Waals surface area contributed by atoms with Gasteiger partial charge in [0.2, 0.25) is 0 Å². The summed E-state index contributed by atoms with van der Waals surface area (Å²) >= 11 is 0. The van der Waals surface area contributed by atoms with Gasteiger partial charge in [-0.25, -0.2) is 9.59 Å². The number of hydrogen-bond acceptors (Lipinski definition) is 7. The van der Waals surface area contributed by atoms with Gasteiger partial charge in [0.25, 0.3) is 0 Å². The number of ketones is 2. The predicted octanol–water partition coefficient (Wildman–Crippen LogP) is 1.49. The third-order valence-electron chi connectivity index (χ3n) is 9.02. The summed E-state index contributed by atoms with van der Waals surface area (Å²) in [4.78, 5) is 43.4. The zero-order chi connectivity index (χ0) is 25.5. The first-order valence-electron chi connectivity index (χ1n) is 11.7. The second-order valence-corrected chi connectivity index (χ2v) is 10.6. The highest BCUT2D eigenvalue weighted by Gasteiger charge is 2.68. The molecular weight excluding hydrogens is 444 g/mol. The van der Waals surface area contributed by atoms with Crippen LogP contribution in [0.4, 0.5) is 0 Å². The van der Waals surface area contributed by atoms with Crippen LogP contribution in [0, 0.1) is 28.6 Å². The quantitative estimate of drug-likeness (QED) is 0.376. The zero-order valence-corrected chi connectivity index (χ0v) is 19.6. The molecule has 4 rings (SSSR count). The molecule has 4 aliphatic rings. The number of carbonyl (C=O) groups excluding carboxylic acids is 2. The van der Waals surface area contributed by atoms with Crippen LogP contribution < -0.4 is 0 Å². The Balaban J connectivity index is 0.000000350. The van der Waals surface area contributed by atoms with Crippen molar-refractivity contribution in [3.8, 4) is 0 Å². The number of Topliss-reactive ketones (excluding diaryl/α,β-unsaturated/α-hetero) is 1. The van der Waals surface area contributed by atoms with E-state index in [2.05, 4.69) is 6.92 Å². The number of hydrogen-bond donors (Lipinski definition) is 5. The maximum Gasteiger partial charge on any atom is 0.328 e. The third kappa shape index (κ3) is 4.25. The van der Waals surface area contributed by atoms with Crippen molar-refractivity contribution in [2.75, 3.05) is 6.61 Å². The summed E-state index contributed by atoms with van der Waals surface area (Å²) < 4.78 is 0. The van der Waals surface area contributed by atoms with Gasteiger partial charge in [-0.15, -0.1) is 0 Å². The summed E-state index contributed by atoms with van der Waals surface area (Å²) in [5, 5.41) is 47.3. The van der Waals surface area contributed by atoms with Crippen LogP contribution in [0.2, 0.25) is 0 Å². The Morgan fingerprint density at radius 1 is 1.06 bits per heavy atom. The lowest BCUT2D eigenvalue weighted by atomic mass is 9.45. The van der Waals surface area contributed by atoms with Crippen molar-refractivity contribution >= 4 is 23.5 Å². The molecule has 9 heteroatoms. The van der Waals surface area contributed by atoms with Gasteiger partial charge in [0.15, 0.2) is 11.6 Å². The number of aliphatic hydroxyl groups excluding tert-OH is 2. The fourth-order valence-electron chi connectivity index (χ4n) is 7.42. The van der Waals surface area contributed by atoms with Crippen molar-refractivity contribution in [3.63, 3.8) is 0 Å². The van der Waals surface area contributed by atoms with Crippen molar-refractivity contribution in [2.45, 2.75) is 70.5 Å². The molecule has 0 aromatic heterocycles. The molecule has 3 fully saturated rings. The lowest BCUT2D eigenvalue weighted by molar-refractivity contribution is -0.182. The molecule has 3 saturated carbocycles. The molecule has 0 spiro atoms. The van der Waals surface area contributed by atoms with Crippen LogP contribution in [0.5, 0.6) is 0 Å². The summed E-state index contributed by atoms with van der Waals surface area (Å²) in [5.41, 5.74) is -1.23. The number of carboxylic acid groups (broad SMARTS) is 2. The van der Waals surface area contributed by atoms with Crippen LogP contribution in [0.25, 0.3) is 0 Å². The van der Waals surface area contributed by atoms with Crippen LogP contribution in [0.1, 0.15) is 58.8 Å². The van der Waals surface area contributed by atoms with E-state index < -0.39 is 41.4 Å². The standard InChI is InChI=1S/C21H30O5.C4H4O4/c1-19-7-5-13(23)9-12(19)3-4-14-15-6-8-21(26,17(25)11-22)20(15,2)10-16(24)18(14)19;5-3(6)1-2-4(7)8/h9,14-16,18,22,24,26H,3-8,10-11H2,1-2H3;1-2H,(H,5,6)(H,7,8)/t14-,15-,16-,18+,19-,20-,21-;/m0./s1. The summed E-state index contributed by atoms with van der Waals surface area (Å²) in [7, 11) is 0. The van der Waals surface area contributed by atoms with E-state index in [0.717, 1.165) is 25.7 Å². The van der Waals surface area contributed by atoms with Crippen molar-refractivity contribution in [3.05, 3.63) is 23.8 Å². The van der Waals surface area contributed by atoms with Gasteiger partial charge < -0.3 is 25.5 Å². The highest BCUT2D eigenvalue weighted by atomic mass is 16.4. The molecule has 0 aliphatic heterocycles. The van der Waals surface area contributed by atoms with Gasteiger partial charge in [-0.1, -0.05) is 19.4 Å². The van der Waals surface area contributed by atoms with Gasteiger partial charge in [-0.3, -0.25) is 9.59 Å². The topological polar surface area (TPSA) is 169 Å². The summed E-state index contributed by atoms with van der Waals surface area (Å²) in [5.74, 6) is -2.37. The smallest absolute Gasteiger partial charge is 0.328 e. The van der Waals surface area contributed by atoms with Gasteiger partial charge in [-0.05, 0) is 67.8 Å². The Morgan fingerprint density at radius 2 is 1.68 bits per heavy atom. The Kier molecular flexibility index (Phi) is 7.22. The molecule has 0 unspecified atom stereocenters. The summed E-state index contributed by atoms with van der Waals surface area (Å²) in [6, 6.07) is 0. The molecular formula is C25H34O9. The van der Waals surface area contributed by atoms with E-state index in [9.17, 15) is 34.5 Å². The SMILES string of the molecule is C[C@]12CCC(=O)C=C1CC[C@@H]1[C@@H]2[C@@H](O)C[C@@]2(C)[C@H]1CC[C@]2(O)C(=O)CO.O=C(O)C=CC(=O)O. The number of aliphatic carboxylic acids is 2. The van der Waals surface area contributed by atoms with E-state index in [-0.39, 0.29) is 29.0 Å². The van der Waals surface area contributed by atoms with Gasteiger partial charge in [0.05, 0.1) is 6.10 Å². The number of carbonyl (C=O) groups is 4. The van der Waals surface area contributed by atoms with Gasteiger partial charge >= 0.3 is 11.9 Å². The molecule has 0 bridgehead atoms. The van der Waals surface area contributed by atoms with Gasteiger partial charge in [0.1, 0.15) is 12.2 Å². The summed E-state index contributed by atoms with van der Waals surface area (Å²) in [6.07, 6.45) is 6.85. The third-order valence-corrected chi connectivity index (χ3v) is 9.02. The fraction of sp³-hybridized carbons (Fsp3) is 0.680. The van der Waals surface area contributed by atoms with Gasteiger partial charge in [-0.2, -0.15) is 0 Å². The number of fused-ring (bicyclic) bond motifs is 5. The van der Waals surface area contributed by atoms with E-state index in [0.29, 0.717) is 31.4 Å². The average Bonchev–Trinajstić information content (AvgIpc) is 3.03. The highest BCUT2D eigenvalue weighted by molar-refractivity contribution is 5.92. The maximum atomic E-state index is 12.4. The van der Waals surface area contributed by atoms with E-state index in [1.165, 1.54) is 5.57 Å². The minimum Gasteiger partial charge on any atom is -0.478 e. The molecule has 5 N–H and O–H groups in total. The monoisotopic (exact) mass is 478 g/mol. The van der Waals surface area contributed by atoms with Crippen molar-refractivity contribution in [1.82, 2.24) is 0 Å². The molecule has 188 valence electrons. The molecule has 34 heavy (non-hydrogen) atoms. The molecule has 0 heterocycles. The predicted molar refractivity (Wildman–Crippen MR) is 120 cm³/mol. The van der Waals surface area contributed by atoms with Crippen LogP contribution in [-0.4, -0.2) is 67.3 Å². The number of carboxylic acids is 2. The Hall–Kier alpha value is -2.36. The van der Waals surface area contributed by atoms with Gasteiger partial charge in [0, 0.05) is 24.0 Å². The highest BCUT2D eigenvalue weighted by Crippen LogP contribution is 2.67. The minimum atomic E-state index is -1.54. The first kappa shape index (κ1) is 26.2. The molecule has 0 saturated heterocycles. The van der Waals surface area contributed by atoms with E-state index in [1.54, 1.807) is 6.08 Å². The average molecular weight is 479 g/mol. The Morgan fingerprint density at radius 3 is 2.24 bits per heavy atom. The molecule has 4 aliphatic carbocycles. The first-order valence-corrected chi connectivity index (χ1v) is 11.7. The van der Waals surface area contributed by atoms with Crippen LogP contribution in [-0.2, 0) is 19.2 Å². The molecule has 9 nitrogen and oxygen atoms in total.